The van der Waals surface area contributed by atoms with Crippen LogP contribution in [0, 0.1) is 11.3 Å². The summed E-state index contributed by atoms with van der Waals surface area (Å²) in [5.41, 5.74) is 1.52. The first-order valence-electron chi connectivity index (χ1n) is 5.04. The van der Waals surface area contributed by atoms with Crippen LogP contribution in [0.5, 0.6) is 0 Å². The van der Waals surface area contributed by atoms with Crippen molar-refractivity contribution in [1.82, 2.24) is 9.97 Å². The third-order valence-corrected chi connectivity index (χ3v) is 3.14. The average Bonchev–Trinajstić information content (AvgIpc) is 2.41. The average molecular weight is 324 g/mol. The van der Waals surface area contributed by atoms with E-state index in [1.54, 1.807) is 18.3 Å². The van der Waals surface area contributed by atoms with Gasteiger partial charge in [-0.1, -0.05) is 0 Å². The minimum Gasteiger partial charge on any atom is -0.328 e. The maximum Gasteiger partial charge on any atom is 0.224 e. The summed E-state index contributed by atoms with van der Waals surface area (Å²) < 4.78 is 0.749. The quantitative estimate of drug-likeness (QED) is 0.793. The third kappa shape index (κ3) is 2.61. The van der Waals surface area contributed by atoms with Crippen molar-refractivity contribution in [2.45, 2.75) is 0 Å². The molecular weight excluding hydrogens is 316 g/mol. The van der Waals surface area contributed by atoms with Crippen LogP contribution >= 0.6 is 27.5 Å². The van der Waals surface area contributed by atoms with E-state index in [-0.39, 0.29) is 5.28 Å². The molecule has 2 rings (SSSR count). The maximum absolute atomic E-state index is 8.76. The Balaban J connectivity index is 2.38. The van der Waals surface area contributed by atoms with Crippen LogP contribution in [0.2, 0.25) is 5.28 Å². The van der Waals surface area contributed by atoms with E-state index in [1.165, 1.54) is 0 Å². The molecule has 1 aromatic heterocycles. The number of benzene rings is 1. The van der Waals surface area contributed by atoms with E-state index in [1.807, 2.05) is 24.1 Å². The smallest absolute Gasteiger partial charge is 0.224 e. The number of rotatable bonds is 2. The molecule has 1 heterocycles. The highest BCUT2D eigenvalue weighted by molar-refractivity contribution is 9.10. The van der Waals surface area contributed by atoms with Crippen molar-refractivity contribution in [3.8, 4) is 6.07 Å². The molecule has 6 heteroatoms. The molecule has 2 aromatic rings. The van der Waals surface area contributed by atoms with Gasteiger partial charge in [0, 0.05) is 18.9 Å². The van der Waals surface area contributed by atoms with Crippen LogP contribution < -0.4 is 4.90 Å². The molecule has 18 heavy (non-hydrogen) atoms. The summed E-state index contributed by atoms with van der Waals surface area (Å²) >= 11 is 9.16. The van der Waals surface area contributed by atoms with E-state index in [9.17, 15) is 0 Å². The van der Waals surface area contributed by atoms with Crippen LogP contribution in [0.15, 0.2) is 34.9 Å². The Labute approximate surface area is 118 Å². The van der Waals surface area contributed by atoms with Gasteiger partial charge in [-0.3, -0.25) is 0 Å². The summed E-state index contributed by atoms with van der Waals surface area (Å²) in [6.07, 6.45) is 1.60. The Kier molecular flexibility index (Phi) is 3.80. The van der Waals surface area contributed by atoms with Crippen LogP contribution in [0.1, 0.15) is 5.56 Å². The highest BCUT2D eigenvalue weighted by Crippen LogP contribution is 2.29. The minimum absolute atomic E-state index is 0.189. The van der Waals surface area contributed by atoms with Gasteiger partial charge in [-0.25, -0.2) is 4.98 Å². The first kappa shape index (κ1) is 12.8. The van der Waals surface area contributed by atoms with E-state index >= 15 is 0 Å². The molecule has 0 amide bonds. The van der Waals surface area contributed by atoms with E-state index in [0.29, 0.717) is 11.4 Å². The molecule has 0 aliphatic heterocycles. The number of halogens is 2. The molecule has 0 fully saturated rings. The number of anilines is 2. The Bertz CT molecular complexity index is 606. The molecule has 0 saturated carbocycles. The zero-order chi connectivity index (χ0) is 13.1. The zero-order valence-electron chi connectivity index (χ0n) is 9.43. The summed E-state index contributed by atoms with van der Waals surface area (Å²) in [6, 6.07) is 9.28. The van der Waals surface area contributed by atoms with E-state index < -0.39 is 0 Å². The van der Waals surface area contributed by atoms with Crippen LogP contribution in [0.3, 0.4) is 0 Å². The van der Waals surface area contributed by atoms with Crippen LogP contribution in [0.4, 0.5) is 11.5 Å². The van der Waals surface area contributed by atoms with Gasteiger partial charge in [0.1, 0.15) is 0 Å². The van der Waals surface area contributed by atoms with Gasteiger partial charge in [-0.05, 0) is 51.8 Å². The highest BCUT2D eigenvalue weighted by Gasteiger charge is 2.11. The van der Waals surface area contributed by atoms with Crippen LogP contribution in [0.25, 0.3) is 0 Å². The fraction of sp³-hybridized carbons (Fsp3) is 0.0833. The van der Waals surface area contributed by atoms with Gasteiger partial charge < -0.3 is 4.90 Å². The number of nitrogens with zero attached hydrogens (tertiary/aromatic N) is 4. The molecule has 0 N–H and O–H groups in total. The second-order valence-electron chi connectivity index (χ2n) is 3.53. The molecule has 0 spiro atoms. The Morgan fingerprint density at radius 3 is 2.61 bits per heavy atom. The number of hydrogen-bond donors (Lipinski definition) is 0. The third-order valence-electron chi connectivity index (χ3n) is 2.40. The molecule has 0 radical (unpaired) electrons. The van der Waals surface area contributed by atoms with Gasteiger partial charge in [0.25, 0.3) is 0 Å². The predicted octanol–water partition coefficient (Wildman–Crippen LogP) is 3.53. The maximum atomic E-state index is 8.76. The molecule has 0 atom stereocenters. The summed E-state index contributed by atoms with van der Waals surface area (Å²) in [6.45, 7) is 0. The lowest BCUT2D eigenvalue weighted by atomic mass is 10.2. The van der Waals surface area contributed by atoms with Gasteiger partial charge in [0.05, 0.1) is 16.1 Å². The zero-order valence-corrected chi connectivity index (χ0v) is 11.8. The van der Waals surface area contributed by atoms with Crippen molar-refractivity contribution in [2.75, 3.05) is 11.9 Å². The molecular formula is C12H8BrClN4. The van der Waals surface area contributed by atoms with Gasteiger partial charge in [0.15, 0.2) is 5.82 Å². The molecule has 0 bridgehead atoms. The molecule has 0 aliphatic carbocycles. The first-order valence-corrected chi connectivity index (χ1v) is 6.21. The van der Waals surface area contributed by atoms with E-state index in [0.717, 1.165) is 10.2 Å². The normalized spacial score (nSPS) is 9.89. The van der Waals surface area contributed by atoms with Crippen LogP contribution in [-0.2, 0) is 0 Å². The van der Waals surface area contributed by atoms with Crippen molar-refractivity contribution in [3.05, 3.63) is 45.8 Å². The molecule has 4 nitrogen and oxygen atoms in total. The Morgan fingerprint density at radius 1 is 1.33 bits per heavy atom. The van der Waals surface area contributed by atoms with Crippen molar-refractivity contribution in [1.29, 1.82) is 5.26 Å². The molecule has 0 unspecified atom stereocenters. The van der Waals surface area contributed by atoms with Crippen molar-refractivity contribution in [3.63, 3.8) is 0 Å². The molecule has 0 saturated heterocycles. The first-order chi connectivity index (χ1) is 8.61. The van der Waals surface area contributed by atoms with E-state index in [4.69, 9.17) is 16.9 Å². The largest absolute Gasteiger partial charge is 0.328 e. The number of aromatic nitrogens is 2. The second-order valence-corrected chi connectivity index (χ2v) is 4.72. The minimum atomic E-state index is 0.189. The van der Waals surface area contributed by atoms with E-state index in [2.05, 4.69) is 32.0 Å². The lowest BCUT2D eigenvalue weighted by molar-refractivity contribution is 1.07. The summed E-state index contributed by atoms with van der Waals surface area (Å²) in [4.78, 5) is 9.90. The fourth-order valence-corrected chi connectivity index (χ4v) is 2.04. The second kappa shape index (κ2) is 5.34. The van der Waals surface area contributed by atoms with Crippen LogP contribution in [-0.4, -0.2) is 17.0 Å². The summed E-state index contributed by atoms with van der Waals surface area (Å²) in [5, 5.41) is 8.94. The molecule has 90 valence electrons. The fourth-order valence-electron chi connectivity index (χ4n) is 1.45. The Hall–Kier alpha value is -1.64. The van der Waals surface area contributed by atoms with Crippen molar-refractivity contribution < 1.29 is 0 Å². The Morgan fingerprint density at radius 2 is 2.00 bits per heavy atom. The van der Waals surface area contributed by atoms with Gasteiger partial charge in [-0.15, -0.1) is 0 Å². The lowest BCUT2D eigenvalue weighted by Gasteiger charge is -2.19. The van der Waals surface area contributed by atoms with Gasteiger partial charge >= 0.3 is 0 Å². The van der Waals surface area contributed by atoms with Gasteiger partial charge in [-0.2, -0.15) is 10.2 Å². The molecule has 0 aliphatic rings. The van der Waals surface area contributed by atoms with Crippen molar-refractivity contribution >= 4 is 39.0 Å². The SMILES string of the molecule is CN(c1ccc(C#N)cc1)c1nc(Cl)ncc1Br. The molecule has 1 aromatic carbocycles. The highest BCUT2D eigenvalue weighted by atomic mass is 79.9. The number of nitriles is 1. The van der Waals surface area contributed by atoms with Crippen molar-refractivity contribution in [2.24, 2.45) is 0 Å². The monoisotopic (exact) mass is 322 g/mol. The lowest BCUT2D eigenvalue weighted by Crippen LogP contribution is -2.12. The topological polar surface area (TPSA) is 52.8 Å². The number of hydrogen-bond acceptors (Lipinski definition) is 4. The van der Waals surface area contributed by atoms with Gasteiger partial charge in [0.2, 0.25) is 5.28 Å². The standard InChI is InChI=1S/C12H8BrClN4/c1-18(9-4-2-8(6-15)3-5-9)11-10(13)7-16-12(14)17-11/h2-5,7H,1H3. The summed E-state index contributed by atoms with van der Waals surface area (Å²) in [7, 11) is 1.87. The predicted molar refractivity (Wildman–Crippen MR) is 74.0 cm³/mol. The summed E-state index contributed by atoms with van der Waals surface area (Å²) in [5.74, 6) is 0.666.